The number of primary amides is 1. The number of carbonyl (C=O) groups excluding carboxylic acids is 1. The normalized spacial score (nSPS) is 20.8. The molecule has 2 atom stereocenters. The summed E-state index contributed by atoms with van der Waals surface area (Å²) in [6.45, 7) is 3.44. The Balaban J connectivity index is 1.79. The van der Waals surface area contributed by atoms with Gasteiger partial charge >= 0.3 is 0 Å². The first-order valence-electron chi connectivity index (χ1n) is 6.97. The summed E-state index contributed by atoms with van der Waals surface area (Å²) < 4.78 is 5.54. The Labute approximate surface area is 119 Å². The lowest BCUT2D eigenvalue weighted by atomic mass is 10.2. The van der Waals surface area contributed by atoms with E-state index in [2.05, 4.69) is 0 Å². The molecule has 20 heavy (non-hydrogen) atoms. The van der Waals surface area contributed by atoms with E-state index in [1.807, 2.05) is 36.1 Å². The van der Waals surface area contributed by atoms with E-state index < -0.39 is 6.10 Å². The van der Waals surface area contributed by atoms with Gasteiger partial charge in [0.25, 0.3) is 0 Å². The number of hydrogen-bond donors (Lipinski definition) is 2. The molecule has 0 spiro atoms. The first-order chi connectivity index (χ1) is 9.56. The molecule has 1 heterocycles. The molecule has 1 fully saturated rings. The van der Waals surface area contributed by atoms with Crippen LogP contribution in [0.25, 0.3) is 0 Å². The maximum absolute atomic E-state index is 11.3. The predicted molar refractivity (Wildman–Crippen MR) is 76.5 cm³/mol. The van der Waals surface area contributed by atoms with Gasteiger partial charge in [0.15, 0.2) is 0 Å². The minimum atomic E-state index is -0.628. The van der Waals surface area contributed by atoms with E-state index in [-0.39, 0.29) is 18.6 Å². The van der Waals surface area contributed by atoms with E-state index in [0.29, 0.717) is 6.54 Å². The summed E-state index contributed by atoms with van der Waals surface area (Å²) >= 11 is 0. The number of amides is 1. The van der Waals surface area contributed by atoms with Crippen LogP contribution < -0.4 is 10.5 Å². The van der Waals surface area contributed by atoms with Crippen molar-refractivity contribution in [2.75, 3.05) is 19.7 Å². The average Bonchev–Trinajstić information content (AvgIpc) is 2.86. The Morgan fingerprint density at radius 2 is 2.20 bits per heavy atom. The van der Waals surface area contributed by atoms with E-state index in [1.165, 1.54) is 5.56 Å². The summed E-state index contributed by atoms with van der Waals surface area (Å²) in [5.41, 5.74) is 6.52. The zero-order valence-electron chi connectivity index (χ0n) is 11.8. The second-order valence-corrected chi connectivity index (χ2v) is 5.33. The van der Waals surface area contributed by atoms with Crippen molar-refractivity contribution in [1.29, 1.82) is 0 Å². The fourth-order valence-corrected chi connectivity index (χ4v) is 2.52. The molecule has 0 aromatic heterocycles. The van der Waals surface area contributed by atoms with Crippen LogP contribution in [0.4, 0.5) is 0 Å². The number of ether oxygens (including phenoxy) is 1. The number of carbonyl (C=O) groups is 1. The van der Waals surface area contributed by atoms with Crippen molar-refractivity contribution in [3.05, 3.63) is 29.8 Å². The third kappa shape index (κ3) is 3.95. The fourth-order valence-electron chi connectivity index (χ4n) is 2.52. The van der Waals surface area contributed by atoms with E-state index >= 15 is 0 Å². The van der Waals surface area contributed by atoms with Gasteiger partial charge in [-0.1, -0.05) is 17.7 Å². The van der Waals surface area contributed by atoms with Crippen LogP contribution in [0.3, 0.4) is 0 Å². The Morgan fingerprint density at radius 3 is 2.85 bits per heavy atom. The number of benzene rings is 1. The Bertz CT molecular complexity index is 447. The third-order valence-electron chi connectivity index (χ3n) is 3.60. The lowest BCUT2D eigenvalue weighted by Gasteiger charge is -2.24. The number of aliphatic hydroxyl groups is 1. The molecule has 5 heteroatoms. The first-order valence-corrected chi connectivity index (χ1v) is 6.97. The van der Waals surface area contributed by atoms with Crippen molar-refractivity contribution < 1.29 is 14.6 Å². The van der Waals surface area contributed by atoms with Gasteiger partial charge in [0, 0.05) is 6.54 Å². The maximum atomic E-state index is 11.3. The zero-order valence-corrected chi connectivity index (χ0v) is 11.8. The van der Waals surface area contributed by atoms with E-state index in [1.54, 1.807) is 0 Å². The summed E-state index contributed by atoms with van der Waals surface area (Å²) in [7, 11) is 0. The van der Waals surface area contributed by atoms with Crippen molar-refractivity contribution in [3.63, 3.8) is 0 Å². The Morgan fingerprint density at radius 1 is 1.50 bits per heavy atom. The van der Waals surface area contributed by atoms with Crippen LogP contribution in [0.15, 0.2) is 24.3 Å². The lowest BCUT2D eigenvalue weighted by Crippen LogP contribution is -2.44. The van der Waals surface area contributed by atoms with Crippen molar-refractivity contribution in [3.8, 4) is 5.75 Å². The topological polar surface area (TPSA) is 75.8 Å². The van der Waals surface area contributed by atoms with Gasteiger partial charge in [-0.15, -0.1) is 0 Å². The monoisotopic (exact) mass is 278 g/mol. The van der Waals surface area contributed by atoms with Crippen LogP contribution >= 0.6 is 0 Å². The molecule has 110 valence electrons. The summed E-state index contributed by atoms with van der Waals surface area (Å²) in [5.74, 6) is 0.427. The summed E-state index contributed by atoms with van der Waals surface area (Å²) in [4.78, 5) is 13.2. The second kappa shape index (κ2) is 6.72. The molecule has 1 aliphatic rings. The van der Waals surface area contributed by atoms with Gasteiger partial charge in [-0.3, -0.25) is 9.69 Å². The number of aliphatic hydroxyl groups excluding tert-OH is 1. The van der Waals surface area contributed by atoms with Gasteiger partial charge in [0.2, 0.25) is 5.91 Å². The van der Waals surface area contributed by atoms with Gasteiger partial charge in [-0.25, -0.2) is 0 Å². The van der Waals surface area contributed by atoms with Gasteiger partial charge in [-0.2, -0.15) is 0 Å². The standard InChI is InChI=1S/C15H22N2O3/c1-11-4-6-13(7-5-11)20-10-12(18)9-17-8-2-3-14(17)15(16)19/h4-7,12,14,18H,2-3,8-10H2,1H3,(H2,16,19). The number of nitrogens with two attached hydrogens (primary N) is 1. The Hall–Kier alpha value is -1.59. The molecule has 1 aromatic rings. The van der Waals surface area contributed by atoms with Crippen LogP contribution in [-0.4, -0.2) is 47.8 Å². The number of β-amino-alcohol motifs (C(OH)–C–C–N with tert-alkyl or cyclic N) is 1. The van der Waals surface area contributed by atoms with Crippen molar-refractivity contribution in [2.24, 2.45) is 5.73 Å². The van der Waals surface area contributed by atoms with Gasteiger partial charge in [0.05, 0.1) is 6.04 Å². The number of hydrogen-bond acceptors (Lipinski definition) is 4. The minimum Gasteiger partial charge on any atom is -0.491 e. The molecule has 1 aliphatic heterocycles. The molecule has 0 saturated carbocycles. The van der Waals surface area contributed by atoms with Crippen LogP contribution in [0, 0.1) is 6.92 Å². The fraction of sp³-hybridized carbons (Fsp3) is 0.533. The summed E-state index contributed by atoms with van der Waals surface area (Å²) in [6.07, 6.45) is 1.09. The predicted octanol–water partition coefficient (Wildman–Crippen LogP) is 0.684. The molecular weight excluding hydrogens is 256 g/mol. The molecule has 0 radical (unpaired) electrons. The highest BCUT2D eigenvalue weighted by atomic mass is 16.5. The molecular formula is C15H22N2O3. The first kappa shape index (κ1) is 14.8. The minimum absolute atomic E-state index is 0.213. The van der Waals surface area contributed by atoms with Gasteiger partial charge < -0.3 is 15.6 Å². The van der Waals surface area contributed by atoms with Crippen LogP contribution in [0.1, 0.15) is 18.4 Å². The highest BCUT2D eigenvalue weighted by Crippen LogP contribution is 2.17. The third-order valence-corrected chi connectivity index (χ3v) is 3.60. The second-order valence-electron chi connectivity index (χ2n) is 5.33. The smallest absolute Gasteiger partial charge is 0.234 e. The quantitative estimate of drug-likeness (QED) is 0.802. The Kier molecular flexibility index (Phi) is 4.98. The molecule has 1 aromatic carbocycles. The number of nitrogens with zero attached hydrogens (tertiary/aromatic N) is 1. The highest BCUT2D eigenvalue weighted by Gasteiger charge is 2.30. The van der Waals surface area contributed by atoms with E-state index in [9.17, 15) is 9.90 Å². The summed E-state index contributed by atoms with van der Waals surface area (Å²) in [6, 6.07) is 7.44. The van der Waals surface area contributed by atoms with Gasteiger partial charge in [-0.05, 0) is 38.4 Å². The van der Waals surface area contributed by atoms with Crippen LogP contribution in [0.2, 0.25) is 0 Å². The zero-order chi connectivity index (χ0) is 14.5. The average molecular weight is 278 g/mol. The molecule has 0 aliphatic carbocycles. The van der Waals surface area contributed by atoms with Crippen LogP contribution in [0.5, 0.6) is 5.75 Å². The van der Waals surface area contributed by atoms with Crippen molar-refractivity contribution in [1.82, 2.24) is 4.90 Å². The SMILES string of the molecule is Cc1ccc(OCC(O)CN2CCCC2C(N)=O)cc1. The molecule has 1 saturated heterocycles. The lowest BCUT2D eigenvalue weighted by molar-refractivity contribution is -0.122. The molecule has 0 bridgehead atoms. The van der Waals surface area contributed by atoms with Crippen molar-refractivity contribution >= 4 is 5.91 Å². The van der Waals surface area contributed by atoms with E-state index in [4.69, 9.17) is 10.5 Å². The molecule has 2 unspecified atom stereocenters. The largest absolute Gasteiger partial charge is 0.491 e. The maximum Gasteiger partial charge on any atom is 0.234 e. The molecule has 3 N–H and O–H groups in total. The molecule has 2 rings (SSSR count). The van der Waals surface area contributed by atoms with E-state index in [0.717, 1.165) is 25.1 Å². The summed E-state index contributed by atoms with van der Waals surface area (Å²) in [5, 5.41) is 10.0. The molecule has 1 amide bonds. The highest BCUT2D eigenvalue weighted by molar-refractivity contribution is 5.80. The van der Waals surface area contributed by atoms with Crippen molar-refractivity contribution in [2.45, 2.75) is 31.9 Å². The van der Waals surface area contributed by atoms with Crippen LogP contribution in [-0.2, 0) is 4.79 Å². The number of aryl methyl sites for hydroxylation is 1. The number of likely N-dealkylation sites (tertiary alicyclic amines) is 1. The molecule has 5 nitrogen and oxygen atoms in total. The number of rotatable bonds is 6. The van der Waals surface area contributed by atoms with Gasteiger partial charge in [0.1, 0.15) is 18.5 Å².